The Bertz CT molecular complexity index is 1050. The quantitative estimate of drug-likeness (QED) is 0.0971. The number of guanidine groups is 1. The van der Waals surface area contributed by atoms with Gasteiger partial charge in [0.1, 0.15) is 11.9 Å². The van der Waals surface area contributed by atoms with Crippen molar-refractivity contribution in [2.75, 3.05) is 25.1 Å². The van der Waals surface area contributed by atoms with Crippen molar-refractivity contribution < 1.29 is 91.9 Å². The third-order valence-corrected chi connectivity index (χ3v) is 4.67. The molecule has 1 unspecified atom stereocenters. The summed E-state index contributed by atoms with van der Waals surface area (Å²) in [5.41, 5.74) is 6.49. The number of ether oxygens (including phenoxy) is 1. The first-order valence-electron chi connectivity index (χ1n) is 8.77. The Kier molecular flexibility index (Phi) is 11.4. The Morgan fingerprint density at radius 3 is 2.64 bits per heavy atom. The summed E-state index contributed by atoms with van der Waals surface area (Å²) in [5.74, 6) is 5.16. The molecular weight excluding hydrogens is 480 g/mol. The van der Waals surface area contributed by atoms with E-state index >= 15 is 0 Å². The number of amides is 1. The summed E-state index contributed by atoms with van der Waals surface area (Å²) in [6.07, 6.45) is -0.398. The summed E-state index contributed by atoms with van der Waals surface area (Å²) in [6.45, 7) is -0.721. The van der Waals surface area contributed by atoms with Crippen molar-refractivity contribution in [2.45, 2.75) is 6.10 Å². The number of aromatic nitrogens is 1. The Morgan fingerprint density at radius 1 is 1.39 bits per heavy atom. The van der Waals surface area contributed by atoms with Crippen LogP contribution in [0.25, 0.3) is 11.1 Å². The van der Waals surface area contributed by atoms with Crippen LogP contribution in [0.1, 0.15) is 0 Å². The average Bonchev–Trinajstić information content (AvgIpc) is 3.07. The molecule has 0 spiro atoms. The summed E-state index contributed by atoms with van der Waals surface area (Å²) in [6, 6.07) is 7.19. The number of aliphatic imine (C=N–C) groups is 1. The number of anilines is 1. The maximum Gasteiger partial charge on any atom is 1.00 e. The zero-order chi connectivity index (χ0) is 22.8. The fourth-order valence-corrected chi connectivity index (χ4v) is 3.06. The van der Waals surface area contributed by atoms with Crippen LogP contribution in [0.2, 0.25) is 0 Å². The predicted molar refractivity (Wildman–Crippen MR) is 104 cm³/mol. The van der Waals surface area contributed by atoms with Crippen molar-refractivity contribution in [3.63, 3.8) is 0 Å². The van der Waals surface area contributed by atoms with E-state index in [1.54, 1.807) is 6.07 Å². The molecule has 1 aliphatic heterocycles. The van der Waals surface area contributed by atoms with Gasteiger partial charge in [-0.15, -0.1) is 0 Å². The number of hydrazine groups is 1. The third-order valence-electron chi connectivity index (χ3n) is 4.21. The number of hydrogen-bond donors (Lipinski definition) is 2. The van der Waals surface area contributed by atoms with E-state index in [0.717, 1.165) is 16.0 Å². The summed E-state index contributed by atoms with van der Waals surface area (Å²) >= 11 is 0. The molecule has 0 radical (unpaired) electrons. The van der Waals surface area contributed by atoms with Gasteiger partial charge >= 0.3 is 65.2 Å². The zero-order valence-electron chi connectivity index (χ0n) is 18.2. The fraction of sp³-hybridized carbons (Fsp3) is 0.235. The number of pyridine rings is 1. The Balaban J connectivity index is 0.00000272. The molecule has 1 aromatic carbocycles. The van der Waals surface area contributed by atoms with Gasteiger partial charge in [-0.3, -0.25) is 9.91 Å². The van der Waals surface area contributed by atoms with Gasteiger partial charge in [0.05, 0.1) is 26.7 Å². The van der Waals surface area contributed by atoms with E-state index in [4.69, 9.17) is 16.3 Å². The summed E-state index contributed by atoms with van der Waals surface area (Å²) in [5, 5.41) is 1.12. The normalized spacial score (nSPS) is 16.0. The minimum absolute atomic E-state index is 0. The fourth-order valence-electron chi connectivity index (χ4n) is 2.71. The average molecular weight is 498 g/mol. The van der Waals surface area contributed by atoms with Crippen LogP contribution in [-0.2, 0) is 13.8 Å². The van der Waals surface area contributed by atoms with Crippen LogP contribution in [0.4, 0.5) is 20.7 Å². The van der Waals surface area contributed by atoms with E-state index in [2.05, 4.69) is 14.5 Å². The second-order valence-electron chi connectivity index (χ2n) is 6.51. The van der Waals surface area contributed by atoms with Crippen molar-refractivity contribution in [3.8, 4) is 11.1 Å². The number of cyclic esters (lactones) is 1. The Morgan fingerprint density at radius 2 is 2.09 bits per heavy atom. The van der Waals surface area contributed by atoms with Crippen molar-refractivity contribution in [1.29, 1.82) is 0 Å². The van der Waals surface area contributed by atoms with Crippen LogP contribution in [0.15, 0.2) is 41.5 Å². The number of benzene rings is 1. The topological polar surface area (TPSA) is 182 Å². The monoisotopic (exact) mass is 498 g/mol. The Labute approximate surface area is 232 Å². The molecule has 1 atom stereocenters. The largest absolute Gasteiger partial charge is 1.00 e. The van der Waals surface area contributed by atoms with E-state index in [1.807, 2.05) is 0 Å². The number of phosphoric ester groups is 1. The minimum atomic E-state index is -5.19. The van der Waals surface area contributed by atoms with Gasteiger partial charge in [-0.1, -0.05) is 0 Å². The molecule has 1 fully saturated rings. The first-order valence-corrected chi connectivity index (χ1v) is 10.2. The molecule has 1 amide bonds. The third kappa shape index (κ3) is 8.26. The molecule has 2 aromatic rings. The van der Waals surface area contributed by atoms with E-state index < -0.39 is 32.4 Å². The van der Waals surface area contributed by atoms with Gasteiger partial charge in [0.2, 0.25) is 5.96 Å². The van der Waals surface area contributed by atoms with Crippen molar-refractivity contribution in [2.24, 2.45) is 16.6 Å². The molecule has 166 valence electrons. The number of halogens is 1. The number of rotatable bonds is 6. The number of nitrogens with two attached hydrogens (primary N) is 2. The maximum atomic E-state index is 14.7. The molecule has 1 saturated heterocycles. The van der Waals surface area contributed by atoms with Crippen molar-refractivity contribution in [1.82, 2.24) is 9.99 Å². The standard InChI is InChI=1S/C17H20FN6O6P.2Na/c1-23(20)16(19)22-15-5-2-10(7-21-15)13-4-3-11(6-14(13)18)24-8-12(30-17(24)25)9-29-31(26,27)28;;/h2-7,12H,8-9,20H2,1H3,(H2,19,21,22)(H2,26,27,28);;/q;2*+1/p-2. The van der Waals surface area contributed by atoms with Gasteiger partial charge in [-0.05, 0) is 30.3 Å². The number of carbonyl (C=O) groups excluding carboxylic acids is 1. The van der Waals surface area contributed by atoms with Crippen LogP contribution in [0, 0.1) is 5.82 Å². The van der Waals surface area contributed by atoms with Gasteiger partial charge in [0, 0.05) is 24.4 Å². The van der Waals surface area contributed by atoms with Crippen LogP contribution < -0.4 is 85.4 Å². The van der Waals surface area contributed by atoms with Crippen LogP contribution >= 0.6 is 7.82 Å². The SMILES string of the molecule is CN(N)C(N)=Nc1ccc(-c2ccc(N3CC(COP(=O)([O-])[O-])OC3=O)cc2F)cn1.[Na+].[Na+]. The van der Waals surface area contributed by atoms with Crippen LogP contribution in [0.5, 0.6) is 0 Å². The summed E-state index contributed by atoms with van der Waals surface area (Å²) in [4.78, 5) is 42.3. The number of hydrogen-bond acceptors (Lipinski definition) is 9. The molecule has 0 bridgehead atoms. The van der Waals surface area contributed by atoms with Crippen LogP contribution in [0.3, 0.4) is 0 Å². The van der Waals surface area contributed by atoms with Gasteiger partial charge in [0.15, 0.2) is 5.82 Å². The molecule has 3 rings (SSSR count). The second-order valence-corrected chi connectivity index (χ2v) is 7.66. The molecule has 0 saturated carbocycles. The van der Waals surface area contributed by atoms with E-state index in [9.17, 15) is 23.5 Å². The summed E-state index contributed by atoms with van der Waals surface area (Å²) in [7, 11) is -3.68. The molecule has 33 heavy (non-hydrogen) atoms. The summed E-state index contributed by atoms with van der Waals surface area (Å²) < 4.78 is 34.3. The van der Waals surface area contributed by atoms with Gasteiger partial charge in [0.25, 0.3) is 0 Å². The zero-order valence-corrected chi connectivity index (χ0v) is 23.1. The van der Waals surface area contributed by atoms with Crippen molar-refractivity contribution in [3.05, 3.63) is 42.3 Å². The Hall–Kier alpha value is -1.09. The maximum absolute atomic E-state index is 14.7. The molecule has 16 heteroatoms. The molecule has 1 aromatic heterocycles. The van der Waals surface area contributed by atoms with E-state index in [-0.39, 0.29) is 88.7 Å². The van der Waals surface area contributed by atoms with Gasteiger partial charge in [-0.25, -0.2) is 20.0 Å². The smallest absolute Gasteiger partial charge is 0.790 e. The van der Waals surface area contributed by atoms with Gasteiger partial charge in [-0.2, -0.15) is 4.99 Å². The number of phosphoric acid groups is 1. The molecule has 4 N–H and O–H groups in total. The molecule has 0 aliphatic carbocycles. The first-order chi connectivity index (χ1) is 14.5. The van der Waals surface area contributed by atoms with Crippen molar-refractivity contribution >= 4 is 31.4 Å². The predicted octanol–water partition coefficient (Wildman–Crippen LogP) is -6.18. The van der Waals surface area contributed by atoms with Crippen LogP contribution in [-0.4, -0.2) is 48.3 Å². The minimum Gasteiger partial charge on any atom is -0.790 e. The van der Waals surface area contributed by atoms with E-state index in [1.165, 1.54) is 31.4 Å². The molecule has 2 heterocycles. The first kappa shape index (κ1) is 29.9. The molecule has 1 aliphatic rings. The van der Waals surface area contributed by atoms with E-state index in [0.29, 0.717) is 5.56 Å². The van der Waals surface area contributed by atoms with Gasteiger partial charge < -0.3 is 29.3 Å². The number of nitrogens with zero attached hydrogens (tertiary/aromatic N) is 4. The number of carbonyl (C=O) groups is 1. The molecular formula is C17H18FN6Na2O6P. The second kappa shape index (κ2) is 12.6. The molecule has 12 nitrogen and oxygen atoms in total.